The number of rotatable bonds is 2. The standard InChI is InChI=1S/C12H15BrFNS/c1-2-15-11-5-6-16-7-8-10(14)4-3-9(13)12(8)11/h3-4,11,15H,2,5-7H2,1H3. The van der Waals surface area contributed by atoms with E-state index < -0.39 is 0 Å². The molecule has 1 aromatic rings. The molecule has 0 saturated heterocycles. The van der Waals surface area contributed by atoms with Crippen LogP contribution in [0.15, 0.2) is 16.6 Å². The molecule has 1 N–H and O–H groups in total. The summed E-state index contributed by atoms with van der Waals surface area (Å²) in [6.45, 7) is 3.00. The average Bonchev–Trinajstić information content (AvgIpc) is 2.48. The highest BCUT2D eigenvalue weighted by molar-refractivity contribution is 9.10. The van der Waals surface area contributed by atoms with E-state index >= 15 is 0 Å². The molecule has 0 saturated carbocycles. The van der Waals surface area contributed by atoms with Crippen LogP contribution in [0, 0.1) is 5.82 Å². The number of benzene rings is 1. The Bertz CT molecular complexity index is 384. The number of hydrogen-bond donors (Lipinski definition) is 1. The molecule has 1 aliphatic heterocycles. The molecule has 0 aliphatic carbocycles. The topological polar surface area (TPSA) is 12.0 Å². The van der Waals surface area contributed by atoms with E-state index in [1.165, 1.54) is 0 Å². The fourth-order valence-electron chi connectivity index (χ4n) is 2.10. The molecule has 16 heavy (non-hydrogen) atoms. The van der Waals surface area contributed by atoms with Crippen LogP contribution in [0.25, 0.3) is 0 Å². The van der Waals surface area contributed by atoms with Crippen molar-refractivity contribution in [2.75, 3.05) is 12.3 Å². The molecule has 0 bridgehead atoms. The molecule has 2 rings (SSSR count). The lowest BCUT2D eigenvalue weighted by Gasteiger charge is -2.20. The van der Waals surface area contributed by atoms with E-state index in [1.54, 1.807) is 6.07 Å². The van der Waals surface area contributed by atoms with Gasteiger partial charge in [-0.1, -0.05) is 22.9 Å². The largest absolute Gasteiger partial charge is 0.310 e. The van der Waals surface area contributed by atoms with Crippen LogP contribution in [-0.4, -0.2) is 12.3 Å². The predicted molar refractivity (Wildman–Crippen MR) is 71.3 cm³/mol. The number of fused-ring (bicyclic) bond motifs is 1. The van der Waals surface area contributed by atoms with Crippen molar-refractivity contribution in [2.24, 2.45) is 0 Å². The van der Waals surface area contributed by atoms with Crippen molar-refractivity contribution in [3.05, 3.63) is 33.5 Å². The fourth-order valence-corrected chi connectivity index (χ4v) is 3.80. The summed E-state index contributed by atoms with van der Waals surface area (Å²) >= 11 is 5.36. The molecular weight excluding hydrogens is 289 g/mol. The molecule has 1 heterocycles. The second-order valence-corrected chi connectivity index (χ2v) is 5.83. The van der Waals surface area contributed by atoms with Crippen molar-refractivity contribution in [1.82, 2.24) is 5.32 Å². The van der Waals surface area contributed by atoms with Gasteiger partial charge in [0.05, 0.1) is 0 Å². The Kier molecular flexibility index (Phi) is 4.27. The number of halogens is 2. The van der Waals surface area contributed by atoms with Crippen molar-refractivity contribution in [2.45, 2.75) is 25.1 Å². The van der Waals surface area contributed by atoms with E-state index in [-0.39, 0.29) is 11.9 Å². The molecule has 0 fully saturated rings. The van der Waals surface area contributed by atoms with Crippen LogP contribution in [0.4, 0.5) is 4.39 Å². The summed E-state index contributed by atoms with van der Waals surface area (Å²) < 4.78 is 14.8. The summed E-state index contributed by atoms with van der Waals surface area (Å²) in [6, 6.07) is 3.65. The first-order valence-corrected chi connectivity index (χ1v) is 7.46. The zero-order chi connectivity index (χ0) is 11.5. The Morgan fingerprint density at radius 1 is 1.56 bits per heavy atom. The predicted octanol–water partition coefficient (Wildman–Crippen LogP) is 3.88. The Balaban J connectivity index is 2.46. The van der Waals surface area contributed by atoms with Crippen molar-refractivity contribution in [3.63, 3.8) is 0 Å². The smallest absolute Gasteiger partial charge is 0.127 e. The highest BCUT2D eigenvalue weighted by Gasteiger charge is 2.22. The van der Waals surface area contributed by atoms with Crippen LogP contribution in [0.3, 0.4) is 0 Å². The van der Waals surface area contributed by atoms with Crippen LogP contribution in [0.1, 0.15) is 30.5 Å². The van der Waals surface area contributed by atoms with Crippen LogP contribution in [0.2, 0.25) is 0 Å². The summed E-state index contributed by atoms with van der Waals surface area (Å²) in [6.07, 6.45) is 1.06. The molecule has 1 atom stereocenters. The molecule has 4 heteroatoms. The lowest BCUT2D eigenvalue weighted by Crippen LogP contribution is -2.22. The summed E-state index contributed by atoms with van der Waals surface area (Å²) in [5, 5.41) is 3.44. The third-order valence-corrected chi connectivity index (χ3v) is 4.55. The van der Waals surface area contributed by atoms with E-state index in [0.29, 0.717) is 0 Å². The number of hydrogen-bond acceptors (Lipinski definition) is 2. The van der Waals surface area contributed by atoms with Gasteiger partial charge >= 0.3 is 0 Å². The van der Waals surface area contributed by atoms with Gasteiger partial charge in [-0.25, -0.2) is 4.39 Å². The van der Waals surface area contributed by atoms with Gasteiger partial charge in [0, 0.05) is 21.8 Å². The Morgan fingerprint density at radius 3 is 3.12 bits per heavy atom. The molecule has 0 aromatic heterocycles. The molecule has 0 amide bonds. The normalized spacial score (nSPS) is 20.3. The maximum atomic E-state index is 13.8. The minimum Gasteiger partial charge on any atom is -0.310 e. The van der Waals surface area contributed by atoms with E-state index in [2.05, 4.69) is 28.2 Å². The second-order valence-electron chi connectivity index (χ2n) is 3.87. The number of nitrogens with one attached hydrogen (secondary N) is 1. The molecule has 0 radical (unpaired) electrons. The first kappa shape index (κ1) is 12.4. The highest BCUT2D eigenvalue weighted by atomic mass is 79.9. The van der Waals surface area contributed by atoms with E-state index in [4.69, 9.17) is 0 Å². The average molecular weight is 304 g/mol. The van der Waals surface area contributed by atoms with Gasteiger partial charge in [0.1, 0.15) is 5.82 Å². The summed E-state index contributed by atoms with van der Waals surface area (Å²) in [7, 11) is 0. The fraction of sp³-hybridized carbons (Fsp3) is 0.500. The minimum absolute atomic E-state index is 0.0736. The molecule has 88 valence electrons. The second kappa shape index (κ2) is 5.52. The van der Waals surface area contributed by atoms with E-state index in [1.807, 2.05) is 17.8 Å². The maximum absolute atomic E-state index is 13.8. The van der Waals surface area contributed by atoms with Gasteiger partial charge in [-0.2, -0.15) is 11.8 Å². The Labute approximate surface area is 108 Å². The van der Waals surface area contributed by atoms with Crippen LogP contribution in [-0.2, 0) is 5.75 Å². The first-order chi connectivity index (χ1) is 7.74. The molecule has 1 unspecified atom stereocenters. The van der Waals surface area contributed by atoms with Gasteiger partial charge in [0.25, 0.3) is 0 Å². The molecule has 1 nitrogen and oxygen atoms in total. The number of thioether (sulfide) groups is 1. The quantitative estimate of drug-likeness (QED) is 0.890. The third kappa shape index (κ3) is 2.44. The van der Waals surface area contributed by atoms with Gasteiger partial charge in [0.15, 0.2) is 0 Å². The highest BCUT2D eigenvalue weighted by Crippen LogP contribution is 2.36. The van der Waals surface area contributed by atoms with E-state index in [0.717, 1.165) is 40.1 Å². The lowest BCUT2D eigenvalue weighted by atomic mass is 9.99. The SMILES string of the molecule is CCNC1CCSCc2c(F)ccc(Br)c21. The molecular formula is C12H15BrFNS. The van der Waals surface area contributed by atoms with Crippen molar-refractivity contribution >= 4 is 27.7 Å². The summed E-state index contributed by atoms with van der Waals surface area (Å²) in [5.74, 6) is 1.79. The van der Waals surface area contributed by atoms with Crippen LogP contribution in [0.5, 0.6) is 0 Å². The van der Waals surface area contributed by atoms with Gasteiger partial charge in [0.2, 0.25) is 0 Å². The van der Waals surface area contributed by atoms with Crippen molar-refractivity contribution < 1.29 is 4.39 Å². The Hall–Kier alpha value is -0.0600. The zero-order valence-corrected chi connectivity index (χ0v) is 11.6. The monoisotopic (exact) mass is 303 g/mol. The van der Waals surface area contributed by atoms with Crippen molar-refractivity contribution in [1.29, 1.82) is 0 Å². The van der Waals surface area contributed by atoms with Crippen LogP contribution < -0.4 is 5.32 Å². The maximum Gasteiger partial charge on any atom is 0.127 e. The Morgan fingerprint density at radius 2 is 2.38 bits per heavy atom. The summed E-state index contributed by atoms with van der Waals surface area (Å²) in [5.41, 5.74) is 1.98. The summed E-state index contributed by atoms with van der Waals surface area (Å²) in [4.78, 5) is 0. The van der Waals surface area contributed by atoms with Crippen LogP contribution >= 0.6 is 27.7 Å². The van der Waals surface area contributed by atoms with Gasteiger partial charge < -0.3 is 5.32 Å². The van der Waals surface area contributed by atoms with Gasteiger partial charge in [-0.3, -0.25) is 0 Å². The zero-order valence-electron chi connectivity index (χ0n) is 9.22. The first-order valence-electron chi connectivity index (χ1n) is 5.52. The molecule has 1 aliphatic rings. The molecule has 0 spiro atoms. The third-order valence-electron chi connectivity index (χ3n) is 2.84. The van der Waals surface area contributed by atoms with Gasteiger partial charge in [-0.15, -0.1) is 0 Å². The molecule has 1 aromatic carbocycles. The van der Waals surface area contributed by atoms with Gasteiger partial charge in [-0.05, 0) is 36.4 Å². The van der Waals surface area contributed by atoms with Crippen molar-refractivity contribution in [3.8, 4) is 0 Å². The van der Waals surface area contributed by atoms with E-state index in [9.17, 15) is 4.39 Å². The lowest BCUT2D eigenvalue weighted by molar-refractivity contribution is 0.530. The minimum atomic E-state index is -0.0736.